The summed E-state index contributed by atoms with van der Waals surface area (Å²) in [4.78, 5) is 22.1. The van der Waals surface area contributed by atoms with Crippen LogP contribution < -0.4 is 4.90 Å². The Morgan fingerprint density at radius 3 is 2.61 bits per heavy atom. The van der Waals surface area contributed by atoms with Gasteiger partial charge in [-0.15, -0.1) is 11.3 Å². The van der Waals surface area contributed by atoms with E-state index < -0.39 is 0 Å². The topological polar surface area (TPSA) is 65.9 Å². The average molecular weight is 436 g/mol. The number of thiophene rings is 1. The second-order valence-corrected chi connectivity index (χ2v) is 8.43. The molecule has 0 bridgehead atoms. The van der Waals surface area contributed by atoms with Crippen molar-refractivity contribution in [3.63, 3.8) is 0 Å². The highest BCUT2D eigenvalue weighted by atomic mass is 32.1. The van der Waals surface area contributed by atoms with Crippen LogP contribution in [0.1, 0.15) is 15.2 Å². The van der Waals surface area contributed by atoms with Gasteiger partial charge in [0.15, 0.2) is 0 Å². The minimum atomic E-state index is -0.326. The number of carbonyl (C=O) groups excluding carboxylic acids is 1. The zero-order valence-corrected chi connectivity index (χ0v) is 18.1. The Kier molecular flexibility index (Phi) is 6.64. The molecule has 1 saturated heterocycles. The molecule has 7 heteroatoms. The number of esters is 1. The molecule has 3 heterocycles. The quantitative estimate of drug-likeness (QED) is 0.444. The van der Waals surface area contributed by atoms with Gasteiger partial charge in [0, 0.05) is 55.0 Å². The molecule has 0 amide bonds. The van der Waals surface area contributed by atoms with Crippen molar-refractivity contribution in [3.05, 3.63) is 77.3 Å². The van der Waals surface area contributed by atoms with E-state index in [1.165, 1.54) is 11.1 Å². The summed E-state index contributed by atoms with van der Waals surface area (Å²) in [7, 11) is 0. The lowest BCUT2D eigenvalue weighted by Crippen LogP contribution is -2.45. The van der Waals surface area contributed by atoms with Crippen LogP contribution in [0.15, 0.2) is 66.8 Å². The molecule has 1 fully saturated rings. The van der Waals surface area contributed by atoms with E-state index in [0.717, 1.165) is 49.5 Å². The van der Waals surface area contributed by atoms with Crippen molar-refractivity contribution in [2.45, 2.75) is 6.54 Å². The van der Waals surface area contributed by atoms with Gasteiger partial charge in [0.25, 0.3) is 0 Å². The predicted molar refractivity (Wildman–Crippen MR) is 124 cm³/mol. The molecule has 1 aliphatic rings. The molecule has 0 spiro atoms. The minimum Gasteiger partial charge on any atom is -0.506 e. The summed E-state index contributed by atoms with van der Waals surface area (Å²) in [5.41, 5.74) is 3.70. The van der Waals surface area contributed by atoms with Crippen molar-refractivity contribution < 1.29 is 14.6 Å². The van der Waals surface area contributed by atoms with Gasteiger partial charge in [-0.2, -0.15) is 0 Å². The van der Waals surface area contributed by atoms with Crippen LogP contribution >= 0.6 is 11.3 Å². The standard InChI is InChI=1S/C24H25N3O3S/c1-2-11-30-24(29)18-3-5-21(6-4-18)27-9-7-26(8-10-27)16-23-13-20(17-31-23)19-12-22(28)15-25-14-19/h2-6,12-15,17,28H,1,7-11,16H2. The zero-order chi connectivity index (χ0) is 21.6. The fourth-order valence-electron chi connectivity index (χ4n) is 3.61. The molecule has 1 aliphatic heterocycles. The van der Waals surface area contributed by atoms with Crippen molar-refractivity contribution >= 4 is 23.0 Å². The molecule has 0 unspecified atom stereocenters. The minimum absolute atomic E-state index is 0.183. The van der Waals surface area contributed by atoms with Crippen molar-refractivity contribution in [1.29, 1.82) is 0 Å². The average Bonchev–Trinajstić information content (AvgIpc) is 3.27. The van der Waals surface area contributed by atoms with Gasteiger partial charge in [-0.1, -0.05) is 12.7 Å². The molecule has 4 rings (SSSR count). The summed E-state index contributed by atoms with van der Waals surface area (Å²) in [5.74, 6) is -0.142. The van der Waals surface area contributed by atoms with Gasteiger partial charge in [0.2, 0.25) is 0 Å². The molecule has 3 aromatic rings. The number of piperazine rings is 1. The number of aromatic hydroxyl groups is 1. The van der Waals surface area contributed by atoms with E-state index >= 15 is 0 Å². The number of hydrogen-bond donors (Lipinski definition) is 1. The number of pyridine rings is 1. The third-order valence-corrected chi connectivity index (χ3v) is 6.18. The Bertz CT molecular complexity index is 1040. The summed E-state index contributed by atoms with van der Waals surface area (Å²) in [6.45, 7) is 8.52. The Balaban J connectivity index is 1.30. The van der Waals surface area contributed by atoms with Crippen molar-refractivity contribution in [2.24, 2.45) is 0 Å². The first-order chi connectivity index (χ1) is 15.1. The van der Waals surface area contributed by atoms with Crippen LogP contribution in [0.5, 0.6) is 5.75 Å². The number of carbonyl (C=O) groups is 1. The van der Waals surface area contributed by atoms with Crippen LogP contribution in [0.2, 0.25) is 0 Å². The fraction of sp³-hybridized carbons (Fsp3) is 0.250. The second kappa shape index (κ2) is 9.76. The fourth-order valence-corrected chi connectivity index (χ4v) is 4.55. The Hall–Kier alpha value is -3.16. The maximum Gasteiger partial charge on any atom is 0.338 e. The first-order valence-electron chi connectivity index (χ1n) is 10.2. The molecule has 0 atom stereocenters. The lowest BCUT2D eigenvalue weighted by atomic mass is 10.1. The highest BCUT2D eigenvalue weighted by Crippen LogP contribution is 2.28. The SMILES string of the molecule is C=CCOC(=O)c1ccc(N2CCN(Cc3cc(-c4cncc(O)c4)cs3)CC2)cc1. The molecule has 31 heavy (non-hydrogen) atoms. The largest absolute Gasteiger partial charge is 0.506 e. The van der Waals surface area contributed by atoms with Crippen LogP contribution in [0.25, 0.3) is 11.1 Å². The Labute approximate surface area is 186 Å². The van der Waals surface area contributed by atoms with E-state index in [4.69, 9.17) is 4.74 Å². The lowest BCUT2D eigenvalue weighted by molar-refractivity contribution is 0.0550. The molecule has 0 saturated carbocycles. The summed E-state index contributed by atoms with van der Waals surface area (Å²) >= 11 is 1.74. The first-order valence-corrected chi connectivity index (χ1v) is 11.1. The highest BCUT2D eigenvalue weighted by molar-refractivity contribution is 7.10. The van der Waals surface area contributed by atoms with Crippen LogP contribution in [0.4, 0.5) is 5.69 Å². The van der Waals surface area contributed by atoms with Crippen molar-refractivity contribution in [1.82, 2.24) is 9.88 Å². The summed E-state index contributed by atoms with van der Waals surface area (Å²) < 4.78 is 5.08. The Morgan fingerprint density at radius 2 is 1.90 bits per heavy atom. The molecule has 6 nitrogen and oxygen atoms in total. The number of nitrogens with zero attached hydrogens (tertiary/aromatic N) is 3. The van der Waals surface area contributed by atoms with Gasteiger partial charge in [0.1, 0.15) is 12.4 Å². The van der Waals surface area contributed by atoms with Gasteiger partial charge in [-0.05, 0) is 47.3 Å². The first kappa shape index (κ1) is 21.1. The van der Waals surface area contributed by atoms with Crippen molar-refractivity contribution in [3.8, 4) is 16.9 Å². The zero-order valence-electron chi connectivity index (χ0n) is 17.2. The van der Waals surface area contributed by atoms with Crippen LogP contribution in [0.3, 0.4) is 0 Å². The number of anilines is 1. The lowest BCUT2D eigenvalue weighted by Gasteiger charge is -2.36. The van der Waals surface area contributed by atoms with E-state index in [-0.39, 0.29) is 18.3 Å². The van der Waals surface area contributed by atoms with Crippen molar-refractivity contribution in [2.75, 3.05) is 37.7 Å². The molecule has 0 aliphatic carbocycles. The normalized spacial score (nSPS) is 14.4. The molecule has 0 radical (unpaired) electrons. The van der Waals surface area contributed by atoms with Crippen LogP contribution in [0, 0.1) is 0 Å². The number of rotatable bonds is 7. The molecular formula is C24H25N3O3S. The summed E-state index contributed by atoms with van der Waals surface area (Å²) in [5, 5.41) is 11.8. The summed E-state index contributed by atoms with van der Waals surface area (Å²) in [6, 6.07) is 11.5. The van der Waals surface area contributed by atoms with E-state index in [0.29, 0.717) is 5.56 Å². The van der Waals surface area contributed by atoms with Gasteiger partial charge in [0.05, 0.1) is 11.8 Å². The van der Waals surface area contributed by atoms with Gasteiger partial charge >= 0.3 is 5.97 Å². The maximum atomic E-state index is 11.9. The third kappa shape index (κ3) is 5.31. The number of aromatic nitrogens is 1. The molecule has 1 N–H and O–H groups in total. The van der Waals surface area contributed by atoms with Gasteiger partial charge < -0.3 is 14.7 Å². The monoisotopic (exact) mass is 435 g/mol. The summed E-state index contributed by atoms with van der Waals surface area (Å²) in [6.07, 6.45) is 4.78. The highest BCUT2D eigenvalue weighted by Gasteiger charge is 2.18. The van der Waals surface area contributed by atoms with E-state index in [9.17, 15) is 9.90 Å². The number of ether oxygens (including phenoxy) is 1. The van der Waals surface area contributed by atoms with E-state index in [2.05, 4.69) is 32.8 Å². The number of benzene rings is 1. The number of hydrogen-bond acceptors (Lipinski definition) is 7. The van der Waals surface area contributed by atoms with Crippen LogP contribution in [-0.4, -0.2) is 53.7 Å². The van der Waals surface area contributed by atoms with E-state index in [1.807, 2.05) is 24.3 Å². The second-order valence-electron chi connectivity index (χ2n) is 7.43. The molecular weight excluding hydrogens is 410 g/mol. The third-order valence-electron chi connectivity index (χ3n) is 5.26. The van der Waals surface area contributed by atoms with Gasteiger partial charge in [-0.3, -0.25) is 9.88 Å². The molecule has 160 valence electrons. The predicted octanol–water partition coefficient (Wildman–Crippen LogP) is 4.18. The Morgan fingerprint density at radius 1 is 1.13 bits per heavy atom. The van der Waals surface area contributed by atoms with Crippen LogP contribution in [-0.2, 0) is 11.3 Å². The van der Waals surface area contributed by atoms with E-state index in [1.54, 1.807) is 29.7 Å². The maximum absolute atomic E-state index is 11.9. The molecule has 2 aromatic heterocycles. The smallest absolute Gasteiger partial charge is 0.338 e. The van der Waals surface area contributed by atoms with Gasteiger partial charge in [-0.25, -0.2) is 4.79 Å². The molecule has 1 aromatic carbocycles.